The maximum atomic E-state index is 4.94. The van der Waals surface area contributed by atoms with E-state index in [4.69, 9.17) is 12.2 Å². The van der Waals surface area contributed by atoms with Gasteiger partial charge in [0, 0.05) is 6.54 Å². The van der Waals surface area contributed by atoms with Crippen LogP contribution >= 0.6 is 12.2 Å². The van der Waals surface area contributed by atoms with Crippen molar-refractivity contribution in [1.82, 2.24) is 15.2 Å². The first kappa shape index (κ1) is 14.1. The maximum Gasteiger partial charge on any atom is 0.215 e. The molecule has 0 saturated carbocycles. The summed E-state index contributed by atoms with van der Waals surface area (Å²) in [6, 6.07) is 0. The topological polar surface area (TPSA) is 53.6 Å². The quantitative estimate of drug-likeness (QED) is 0.549. The molecule has 0 aromatic carbocycles. The molecule has 1 aromatic heterocycles. The largest absolute Gasteiger partial charge is 0.368 e. The Hall–Kier alpha value is -0.970. The first-order chi connectivity index (χ1) is 8.24. The Labute approximate surface area is 108 Å². The normalized spacial score (nSPS) is 10.5. The van der Waals surface area contributed by atoms with Crippen LogP contribution in [0.4, 0.5) is 5.82 Å². The molecule has 0 spiro atoms. The van der Waals surface area contributed by atoms with Gasteiger partial charge in [-0.1, -0.05) is 39.0 Å². The van der Waals surface area contributed by atoms with Gasteiger partial charge in [0.15, 0.2) is 5.82 Å². The molecule has 0 amide bonds. The average molecular weight is 254 g/mol. The zero-order valence-electron chi connectivity index (χ0n) is 10.8. The fourth-order valence-electron chi connectivity index (χ4n) is 1.67. The lowest BCUT2D eigenvalue weighted by Crippen LogP contribution is -2.07. The second kappa shape index (κ2) is 8.17. The Morgan fingerprint density at radius 3 is 2.65 bits per heavy atom. The van der Waals surface area contributed by atoms with Crippen molar-refractivity contribution in [1.29, 1.82) is 0 Å². The zero-order chi connectivity index (χ0) is 12.5. The molecule has 1 rings (SSSR count). The summed E-state index contributed by atoms with van der Waals surface area (Å²) in [5, 5.41) is 10.0. The number of aromatic nitrogens is 3. The summed E-state index contributed by atoms with van der Waals surface area (Å²) in [6.45, 7) is 5.10. The maximum absolute atomic E-state index is 4.94. The highest BCUT2D eigenvalue weighted by atomic mass is 32.1. The first-order valence-electron chi connectivity index (χ1n) is 6.41. The van der Waals surface area contributed by atoms with E-state index < -0.39 is 0 Å². The van der Waals surface area contributed by atoms with Crippen molar-refractivity contribution >= 4 is 18.0 Å². The van der Waals surface area contributed by atoms with Crippen LogP contribution in [0.25, 0.3) is 0 Å². The second-order valence-corrected chi connectivity index (χ2v) is 4.66. The number of nitrogens with zero attached hydrogens (tertiary/aromatic N) is 2. The molecule has 0 fully saturated rings. The third-order valence-corrected chi connectivity index (χ3v) is 2.88. The van der Waals surface area contributed by atoms with Crippen molar-refractivity contribution < 1.29 is 0 Å². The number of anilines is 1. The Kier molecular flexibility index (Phi) is 6.77. The van der Waals surface area contributed by atoms with Gasteiger partial charge >= 0.3 is 0 Å². The van der Waals surface area contributed by atoms with Crippen LogP contribution in [0.5, 0.6) is 0 Å². The molecular weight excluding hydrogens is 232 g/mol. The van der Waals surface area contributed by atoms with Crippen LogP contribution in [0.15, 0.2) is 0 Å². The Morgan fingerprint density at radius 2 is 1.88 bits per heavy atom. The minimum absolute atomic E-state index is 0.432. The molecule has 4 nitrogen and oxygen atoms in total. The fourth-order valence-corrected chi connectivity index (χ4v) is 1.81. The van der Waals surface area contributed by atoms with Crippen LogP contribution in [0.3, 0.4) is 0 Å². The van der Waals surface area contributed by atoms with Crippen molar-refractivity contribution in [2.75, 3.05) is 11.9 Å². The lowest BCUT2D eigenvalue weighted by atomic mass is 10.1. The van der Waals surface area contributed by atoms with Gasteiger partial charge in [0.1, 0.15) is 0 Å². The van der Waals surface area contributed by atoms with Crippen molar-refractivity contribution in [2.45, 2.75) is 52.4 Å². The van der Waals surface area contributed by atoms with Crippen molar-refractivity contribution in [3.8, 4) is 0 Å². The van der Waals surface area contributed by atoms with Crippen LogP contribution in [0.1, 0.15) is 51.1 Å². The molecule has 0 saturated heterocycles. The van der Waals surface area contributed by atoms with Gasteiger partial charge in [-0.3, -0.25) is 5.10 Å². The van der Waals surface area contributed by atoms with Crippen molar-refractivity contribution in [3.05, 3.63) is 10.5 Å². The van der Waals surface area contributed by atoms with Crippen molar-refractivity contribution in [3.63, 3.8) is 0 Å². The summed E-state index contributed by atoms with van der Waals surface area (Å²) in [4.78, 5) is 4.21. The summed E-state index contributed by atoms with van der Waals surface area (Å²) in [7, 11) is 0. The van der Waals surface area contributed by atoms with E-state index in [1.165, 1.54) is 38.5 Å². The van der Waals surface area contributed by atoms with E-state index in [0.717, 1.165) is 18.1 Å². The summed E-state index contributed by atoms with van der Waals surface area (Å²) in [6.07, 6.45) is 7.79. The molecule has 0 unspecified atom stereocenters. The van der Waals surface area contributed by atoms with Gasteiger partial charge < -0.3 is 5.32 Å². The standard InChI is InChI=1S/C12H22N4S/c1-3-4-5-6-7-8-9-13-11-10(2)15-16-12(17)14-11/h3-9H2,1-2H3,(H2,13,14,16,17). The number of hydrogen-bond acceptors (Lipinski definition) is 4. The third-order valence-electron chi connectivity index (χ3n) is 2.70. The van der Waals surface area contributed by atoms with E-state index in [1.807, 2.05) is 6.92 Å². The number of H-pyrrole nitrogens is 1. The van der Waals surface area contributed by atoms with Gasteiger partial charge in [0.2, 0.25) is 4.77 Å². The summed E-state index contributed by atoms with van der Waals surface area (Å²) in [5.74, 6) is 0.808. The predicted molar refractivity (Wildman–Crippen MR) is 73.8 cm³/mol. The minimum atomic E-state index is 0.432. The lowest BCUT2D eigenvalue weighted by Gasteiger charge is -2.06. The van der Waals surface area contributed by atoms with Gasteiger partial charge in [0.25, 0.3) is 0 Å². The smallest absolute Gasteiger partial charge is 0.215 e. The average Bonchev–Trinajstić information content (AvgIpc) is 2.32. The van der Waals surface area contributed by atoms with E-state index in [2.05, 4.69) is 27.4 Å². The van der Waals surface area contributed by atoms with E-state index >= 15 is 0 Å². The number of aromatic amines is 1. The monoisotopic (exact) mass is 254 g/mol. The fraction of sp³-hybridized carbons (Fsp3) is 0.750. The number of nitrogens with one attached hydrogen (secondary N) is 2. The molecule has 1 aromatic rings. The van der Waals surface area contributed by atoms with Gasteiger partial charge in [-0.05, 0) is 25.6 Å². The van der Waals surface area contributed by atoms with Crippen molar-refractivity contribution in [2.24, 2.45) is 0 Å². The molecule has 2 N–H and O–H groups in total. The van der Waals surface area contributed by atoms with Crippen LogP contribution in [-0.4, -0.2) is 21.7 Å². The summed E-state index contributed by atoms with van der Waals surface area (Å²) < 4.78 is 0.432. The molecule has 17 heavy (non-hydrogen) atoms. The molecule has 0 atom stereocenters. The zero-order valence-corrected chi connectivity index (χ0v) is 11.6. The lowest BCUT2D eigenvalue weighted by molar-refractivity contribution is 0.616. The van der Waals surface area contributed by atoms with Gasteiger partial charge in [-0.15, -0.1) is 0 Å². The minimum Gasteiger partial charge on any atom is -0.368 e. The number of rotatable bonds is 8. The number of hydrogen-bond donors (Lipinski definition) is 2. The highest BCUT2D eigenvalue weighted by Gasteiger charge is 1.99. The predicted octanol–water partition coefficient (Wildman–Crippen LogP) is 3.62. The molecule has 0 aliphatic rings. The molecular formula is C12H22N4S. The Balaban J connectivity index is 2.18. The molecule has 0 bridgehead atoms. The van der Waals surface area contributed by atoms with E-state index in [-0.39, 0.29) is 0 Å². The van der Waals surface area contributed by atoms with Crippen LogP contribution < -0.4 is 5.32 Å². The summed E-state index contributed by atoms with van der Waals surface area (Å²) in [5.41, 5.74) is 0.865. The molecule has 5 heteroatoms. The second-order valence-electron chi connectivity index (χ2n) is 4.27. The van der Waals surface area contributed by atoms with Gasteiger partial charge in [-0.2, -0.15) is 10.1 Å². The van der Waals surface area contributed by atoms with Gasteiger partial charge in [0.05, 0.1) is 5.69 Å². The highest BCUT2D eigenvalue weighted by molar-refractivity contribution is 7.71. The van der Waals surface area contributed by atoms with Gasteiger partial charge in [-0.25, -0.2) is 0 Å². The van der Waals surface area contributed by atoms with E-state index in [1.54, 1.807) is 0 Å². The third kappa shape index (κ3) is 5.77. The first-order valence-corrected chi connectivity index (χ1v) is 6.82. The molecule has 1 heterocycles. The Morgan fingerprint density at radius 1 is 1.18 bits per heavy atom. The number of unbranched alkanes of at least 4 members (excludes halogenated alkanes) is 5. The van der Waals surface area contributed by atoms with E-state index in [0.29, 0.717) is 4.77 Å². The van der Waals surface area contributed by atoms with E-state index in [9.17, 15) is 0 Å². The van der Waals surface area contributed by atoms with Crippen LogP contribution in [0.2, 0.25) is 0 Å². The summed E-state index contributed by atoms with van der Waals surface area (Å²) >= 11 is 4.94. The van der Waals surface area contributed by atoms with Crippen LogP contribution in [0, 0.1) is 11.7 Å². The molecule has 0 aliphatic carbocycles. The molecule has 0 radical (unpaired) electrons. The Bertz CT molecular complexity index is 375. The molecule has 96 valence electrons. The highest BCUT2D eigenvalue weighted by Crippen LogP contribution is 2.08. The van der Waals surface area contributed by atoms with Crippen LogP contribution in [-0.2, 0) is 0 Å². The number of aryl methyl sites for hydroxylation is 1. The molecule has 0 aliphatic heterocycles. The SMILES string of the molecule is CCCCCCCCNc1nc(=S)[nH]nc1C.